The summed E-state index contributed by atoms with van der Waals surface area (Å²) < 4.78 is 6.18. The van der Waals surface area contributed by atoms with E-state index < -0.39 is 0 Å². The van der Waals surface area contributed by atoms with Crippen LogP contribution < -0.4 is 10.1 Å². The van der Waals surface area contributed by atoms with E-state index in [0.717, 1.165) is 31.2 Å². The number of aryl methyl sites for hydroxylation is 1. The summed E-state index contributed by atoms with van der Waals surface area (Å²) in [7, 11) is 0. The summed E-state index contributed by atoms with van der Waals surface area (Å²) in [6.07, 6.45) is 5.31. The topological polar surface area (TPSA) is 21.3 Å². The summed E-state index contributed by atoms with van der Waals surface area (Å²) in [6.45, 7) is 10.4. The third-order valence-electron chi connectivity index (χ3n) is 4.96. The van der Waals surface area contributed by atoms with Gasteiger partial charge in [0.1, 0.15) is 11.9 Å². The number of hydrogen-bond donors (Lipinski definition) is 1. The van der Waals surface area contributed by atoms with Gasteiger partial charge in [-0.15, -0.1) is 0 Å². The van der Waals surface area contributed by atoms with E-state index in [-0.39, 0.29) is 0 Å². The fourth-order valence-electron chi connectivity index (χ4n) is 3.24. The lowest BCUT2D eigenvalue weighted by Gasteiger charge is -2.33. The maximum atomic E-state index is 6.18. The lowest BCUT2D eigenvalue weighted by molar-refractivity contribution is 0.133. The number of hydrogen-bond acceptors (Lipinski definition) is 2. The second-order valence-corrected chi connectivity index (χ2v) is 8.04. The van der Waals surface area contributed by atoms with E-state index in [9.17, 15) is 0 Å². The van der Waals surface area contributed by atoms with E-state index in [2.05, 4.69) is 51.2 Å². The van der Waals surface area contributed by atoms with Crippen molar-refractivity contribution in [2.45, 2.75) is 65.5 Å². The third kappa shape index (κ3) is 3.79. The Labute approximate surface area is 129 Å². The van der Waals surface area contributed by atoms with Gasteiger partial charge in [0.25, 0.3) is 0 Å². The maximum Gasteiger partial charge on any atom is 0.123 e. The number of fused-ring (bicyclic) bond motifs is 1. The molecule has 21 heavy (non-hydrogen) atoms. The molecule has 1 fully saturated rings. The van der Waals surface area contributed by atoms with Crippen molar-refractivity contribution < 1.29 is 4.74 Å². The van der Waals surface area contributed by atoms with Gasteiger partial charge in [-0.05, 0) is 55.7 Å². The molecule has 0 amide bonds. The second-order valence-electron chi connectivity index (χ2n) is 8.04. The number of benzene rings is 1. The molecule has 1 aliphatic heterocycles. The number of ether oxygens (including phenoxy) is 1. The monoisotopic (exact) mass is 287 g/mol. The van der Waals surface area contributed by atoms with Crippen LogP contribution in [0.25, 0.3) is 0 Å². The van der Waals surface area contributed by atoms with Crippen LogP contribution in [0.5, 0.6) is 5.75 Å². The standard InChI is InChI=1S/C19H29NO/c1-13-5-8-18-14(9-13)10-17(21-18)11-15(19(2,3)4)12-20-16-6-7-16/h5,8-9,15-17,20H,6-7,10-12H2,1-4H3. The van der Waals surface area contributed by atoms with E-state index in [0.29, 0.717) is 17.4 Å². The Morgan fingerprint density at radius 3 is 2.71 bits per heavy atom. The summed E-state index contributed by atoms with van der Waals surface area (Å²) in [4.78, 5) is 0. The molecule has 0 bridgehead atoms. The van der Waals surface area contributed by atoms with E-state index >= 15 is 0 Å². The van der Waals surface area contributed by atoms with Crippen molar-refractivity contribution in [3.63, 3.8) is 0 Å². The Hall–Kier alpha value is -1.02. The third-order valence-corrected chi connectivity index (χ3v) is 4.96. The fourth-order valence-corrected chi connectivity index (χ4v) is 3.24. The van der Waals surface area contributed by atoms with Crippen molar-refractivity contribution in [1.82, 2.24) is 5.32 Å². The van der Waals surface area contributed by atoms with Gasteiger partial charge < -0.3 is 10.1 Å². The zero-order valence-electron chi connectivity index (χ0n) is 13.9. The zero-order valence-corrected chi connectivity index (χ0v) is 13.9. The van der Waals surface area contributed by atoms with E-state index in [4.69, 9.17) is 4.74 Å². The predicted molar refractivity (Wildman–Crippen MR) is 87.9 cm³/mol. The van der Waals surface area contributed by atoms with E-state index in [1.807, 2.05) is 0 Å². The van der Waals surface area contributed by atoms with Crippen LogP contribution in [0.4, 0.5) is 0 Å². The lowest BCUT2D eigenvalue weighted by atomic mass is 9.77. The SMILES string of the molecule is Cc1ccc2c(c1)CC(CC(CNC1CC1)C(C)(C)C)O2. The Kier molecular flexibility index (Phi) is 4.00. The molecule has 2 heteroatoms. The molecule has 1 aliphatic carbocycles. The minimum Gasteiger partial charge on any atom is -0.490 e. The van der Waals surface area contributed by atoms with Gasteiger partial charge in [0.05, 0.1) is 0 Å². The van der Waals surface area contributed by atoms with Crippen molar-refractivity contribution in [3.8, 4) is 5.75 Å². The van der Waals surface area contributed by atoms with Crippen LogP contribution in [0.3, 0.4) is 0 Å². The van der Waals surface area contributed by atoms with Gasteiger partial charge in [-0.3, -0.25) is 0 Å². The van der Waals surface area contributed by atoms with Crippen molar-refractivity contribution in [2.75, 3.05) is 6.54 Å². The van der Waals surface area contributed by atoms with E-state index in [1.54, 1.807) is 0 Å². The fraction of sp³-hybridized carbons (Fsp3) is 0.684. The first-order valence-electron chi connectivity index (χ1n) is 8.41. The van der Waals surface area contributed by atoms with Gasteiger partial charge in [0, 0.05) is 12.5 Å². The summed E-state index contributed by atoms with van der Waals surface area (Å²) >= 11 is 0. The van der Waals surface area contributed by atoms with Gasteiger partial charge in [-0.1, -0.05) is 38.5 Å². The molecule has 0 radical (unpaired) electrons. The van der Waals surface area contributed by atoms with Gasteiger partial charge in [-0.2, -0.15) is 0 Å². The molecular weight excluding hydrogens is 258 g/mol. The molecule has 0 aromatic heterocycles. The normalized spacial score (nSPS) is 22.8. The summed E-state index contributed by atoms with van der Waals surface area (Å²) in [6, 6.07) is 7.36. The Bertz CT molecular complexity index is 499. The summed E-state index contributed by atoms with van der Waals surface area (Å²) in [5, 5.41) is 3.71. The largest absolute Gasteiger partial charge is 0.490 e. The molecule has 1 N–H and O–H groups in total. The molecule has 2 atom stereocenters. The van der Waals surface area contributed by atoms with Gasteiger partial charge in [-0.25, -0.2) is 0 Å². The minimum absolute atomic E-state index is 0.329. The zero-order chi connectivity index (χ0) is 15.0. The average molecular weight is 287 g/mol. The van der Waals surface area contributed by atoms with E-state index in [1.165, 1.54) is 24.0 Å². The van der Waals surface area contributed by atoms with Crippen molar-refractivity contribution >= 4 is 0 Å². The van der Waals surface area contributed by atoms with Crippen molar-refractivity contribution in [2.24, 2.45) is 11.3 Å². The molecule has 1 aromatic carbocycles. The highest BCUT2D eigenvalue weighted by Crippen LogP contribution is 2.36. The Morgan fingerprint density at radius 1 is 1.29 bits per heavy atom. The first kappa shape index (κ1) is 14.9. The van der Waals surface area contributed by atoms with Crippen LogP contribution in [0.2, 0.25) is 0 Å². The molecular formula is C19H29NO. The quantitative estimate of drug-likeness (QED) is 0.880. The molecule has 2 unspecified atom stereocenters. The molecule has 3 rings (SSSR count). The first-order valence-corrected chi connectivity index (χ1v) is 8.41. The number of nitrogens with one attached hydrogen (secondary N) is 1. The lowest BCUT2D eigenvalue weighted by Crippen LogP contribution is -2.36. The Balaban J connectivity index is 1.61. The predicted octanol–water partition coefficient (Wildman–Crippen LogP) is 4.10. The summed E-state index contributed by atoms with van der Waals surface area (Å²) in [5.41, 5.74) is 3.05. The van der Waals surface area contributed by atoms with Crippen molar-refractivity contribution in [3.05, 3.63) is 29.3 Å². The highest BCUT2D eigenvalue weighted by Gasteiger charge is 2.33. The molecule has 1 saturated carbocycles. The summed E-state index contributed by atoms with van der Waals surface area (Å²) in [5.74, 6) is 1.77. The van der Waals surface area contributed by atoms with Gasteiger partial charge in [0.15, 0.2) is 0 Å². The molecule has 1 aromatic rings. The molecule has 0 saturated heterocycles. The molecule has 0 spiro atoms. The van der Waals surface area contributed by atoms with Gasteiger partial charge in [0.2, 0.25) is 0 Å². The molecule has 2 aliphatic rings. The average Bonchev–Trinajstić information content (AvgIpc) is 3.12. The second kappa shape index (κ2) is 5.64. The van der Waals surface area contributed by atoms with Crippen LogP contribution in [0.1, 0.15) is 51.2 Å². The highest BCUT2D eigenvalue weighted by molar-refractivity contribution is 5.40. The molecule has 2 nitrogen and oxygen atoms in total. The highest BCUT2D eigenvalue weighted by atomic mass is 16.5. The van der Waals surface area contributed by atoms with Crippen LogP contribution in [-0.2, 0) is 6.42 Å². The van der Waals surface area contributed by atoms with Crippen molar-refractivity contribution in [1.29, 1.82) is 0 Å². The Morgan fingerprint density at radius 2 is 2.05 bits per heavy atom. The van der Waals surface area contributed by atoms with Gasteiger partial charge >= 0.3 is 0 Å². The minimum atomic E-state index is 0.329. The van der Waals surface area contributed by atoms with Crippen LogP contribution in [0, 0.1) is 18.3 Å². The molecule has 1 heterocycles. The first-order chi connectivity index (χ1) is 9.91. The smallest absolute Gasteiger partial charge is 0.123 e. The maximum absolute atomic E-state index is 6.18. The van der Waals surface area contributed by atoms with Crippen LogP contribution >= 0.6 is 0 Å². The van der Waals surface area contributed by atoms with Crippen LogP contribution in [0.15, 0.2) is 18.2 Å². The molecule has 116 valence electrons. The van der Waals surface area contributed by atoms with Crippen LogP contribution in [-0.4, -0.2) is 18.7 Å². The number of rotatable bonds is 5.